The predicted molar refractivity (Wildman–Crippen MR) is 295 cm³/mol. The van der Waals surface area contributed by atoms with E-state index < -0.39 is 0 Å². The molecule has 0 bridgehead atoms. The molecule has 12 aromatic rings. The lowest BCUT2D eigenvalue weighted by Crippen LogP contribution is -2.09. The lowest BCUT2D eigenvalue weighted by Gasteiger charge is -2.25. The van der Waals surface area contributed by atoms with Crippen molar-refractivity contribution in [1.82, 2.24) is 0 Å². The molecule has 0 N–H and O–H groups in total. The predicted octanol–water partition coefficient (Wildman–Crippen LogP) is 18.8. The maximum absolute atomic E-state index is 2.34. The van der Waals surface area contributed by atoms with Crippen molar-refractivity contribution in [3.63, 3.8) is 0 Å². The van der Waals surface area contributed by atoms with Gasteiger partial charge in [0, 0.05) is 37.7 Å². The number of hydrogen-bond acceptors (Lipinski definition) is 2. The van der Waals surface area contributed by atoms with Crippen LogP contribution in [0.15, 0.2) is 273 Å². The van der Waals surface area contributed by atoms with Crippen molar-refractivity contribution in [1.29, 1.82) is 0 Å². The van der Waals surface area contributed by atoms with Gasteiger partial charge in [0.25, 0.3) is 0 Å². The number of halogens is 1. The third kappa shape index (κ3) is 8.65. The zero-order valence-corrected chi connectivity index (χ0v) is 38.9. The molecule has 2 nitrogen and oxygen atoms in total. The number of hydrogen-bond donors (Lipinski definition) is 0. The fourth-order valence-corrected chi connectivity index (χ4v) is 9.64. The van der Waals surface area contributed by atoms with E-state index in [9.17, 15) is 0 Å². The van der Waals surface area contributed by atoms with Crippen molar-refractivity contribution in [3.05, 3.63) is 277 Å². The summed E-state index contributed by atoms with van der Waals surface area (Å²) in [7, 11) is 0. The summed E-state index contributed by atoms with van der Waals surface area (Å²) in [4.78, 5) is 4.57. The molecule has 318 valence electrons. The summed E-state index contributed by atoms with van der Waals surface area (Å²) in [6.07, 6.45) is 0. The van der Waals surface area contributed by atoms with Gasteiger partial charge >= 0.3 is 0 Å². The van der Waals surface area contributed by atoms with E-state index >= 15 is 0 Å². The molecule has 3 heteroatoms. The molecule has 67 heavy (non-hydrogen) atoms. The van der Waals surface area contributed by atoms with E-state index in [1.54, 1.807) is 0 Å². The highest BCUT2D eigenvalue weighted by molar-refractivity contribution is 14.1. The monoisotopic (exact) mass is 968 g/mol. The van der Waals surface area contributed by atoms with Gasteiger partial charge in [0.1, 0.15) is 0 Å². The van der Waals surface area contributed by atoms with Gasteiger partial charge in [-0.3, -0.25) is 0 Å². The molecule has 0 spiro atoms. The third-order valence-corrected chi connectivity index (χ3v) is 13.3. The smallest absolute Gasteiger partial charge is 0.0462 e. The molecule has 0 atom stereocenters. The molecule has 12 rings (SSSR count). The average molecular weight is 969 g/mol. The molecule has 0 aliphatic heterocycles. The van der Waals surface area contributed by atoms with Crippen LogP contribution in [0.25, 0.3) is 65.7 Å². The van der Waals surface area contributed by atoms with E-state index in [1.165, 1.54) is 69.3 Å². The quantitative estimate of drug-likeness (QED) is 0.105. The number of anilines is 6. The summed E-state index contributed by atoms with van der Waals surface area (Å²) >= 11 is 2.34. The summed E-state index contributed by atoms with van der Waals surface area (Å²) in [5, 5.41) is 7.93. The molecular formula is C64H45IN2. The molecule has 0 unspecified atom stereocenters. The second-order valence-electron chi connectivity index (χ2n) is 16.7. The van der Waals surface area contributed by atoms with Crippen LogP contribution in [0, 0.1) is 3.57 Å². The van der Waals surface area contributed by atoms with Gasteiger partial charge in [-0.25, -0.2) is 0 Å². The van der Waals surface area contributed by atoms with Gasteiger partial charge in [-0.05, 0) is 173 Å². The van der Waals surface area contributed by atoms with Gasteiger partial charge in [0.05, 0.1) is 0 Å². The van der Waals surface area contributed by atoms with Gasteiger partial charge in [-0.15, -0.1) is 0 Å². The summed E-state index contributed by atoms with van der Waals surface area (Å²) in [6, 6.07) is 97.4. The van der Waals surface area contributed by atoms with E-state index in [0.29, 0.717) is 0 Å². The van der Waals surface area contributed by atoms with E-state index in [2.05, 4.69) is 293 Å². The van der Waals surface area contributed by atoms with Crippen LogP contribution in [0.3, 0.4) is 0 Å². The van der Waals surface area contributed by atoms with Gasteiger partial charge in [0.2, 0.25) is 0 Å². The fourth-order valence-electron chi connectivity index (χ4n) is 9.28. The second-order valence-corrected chi connectivity index (χ2v) is 17.9. The first kappa shape index (κ1) is 41.7. The van der Waals surface area contributed by atoms with E-state index in [4.69, 9.17) is 0 Å². The summed E-state index contributed by atoms with van der Waals surface area (Å²) in [5.74, 6) is 0. The largest absolute Gasteiger partial charge is 0.311 e. The first-order valence-corrected chi connectivity index (χ1v) is 23.8. The van der Waals surface area contributed by atoms with Crippen LogP contribution in [0.4, 0.5) is 34.1 Å². The Labute approximate surface area is 406 Å². The molecule has 0 amide bonds. The molecule has 0 aliphatic rings. The Morgan fingerprint density at radius 2 is 0.537 bits per heavy atom. The SMILES string of the molecule is Ic1ccc(-c2ccc(N(c3ccccc3)c3ccccc3)cc2)cc1.c1ccc(N(c2ccccc2)c2ccc(-c3ccc(-c4ccc5ccc6cccc7ccc4c5c67)cc3)cc2)cc1. The Hall–Kier alpha value is -7.99. The minimum atomic E-state index is 1.14. The second kappa shape index (κ2) is 18.9. The van der Waals surface area contributed by atoms with E-state index in [1.807, 2.05) is 12.1 Å². The van der Waals surface area contributed by atoms with Gasteiger partial charge in [0.15, 0.2) is 0 Å². The van der Waals surface area contributed by atoms with Crippen LogP contribution in [0.5, 0.6) is 0 Å². The van der Waals surface area contributed by atoms with Crippen molar-refractivity contribution in [2.75, 3.05) is 9.80 Å². The number of rotatable bonds is 9. The zero-order chi connectivity index (χ0) is 44.9. The van der Waals surface area contributed by atoms with Crippen molar-refractivity contribution in [3.8, 4) is 33.4 Å². The van der Waals surface area contributed by atoms with Crippen LogP contribution >= 0.6 is 22.6 Å². The molecular weight excluding hydrogens is 924 g/mol. The van der Waals surface area contributed by atoms with Gasteiger partial charge < -0.3 is 9.80 Å². The third-order valence-electron chi connectivity index (χ3n) is 12.5. The Kier molecular flexibility index (Phi) is 11.7. The van der Waals surface area contributed by atoms with Gasteiger partial charge in [-0.2, -0.15) is 0 Å². The maximum atomic E-state index is 2.34. The summed E-state index contributed by atoms with van der Waals surface area (Å²) in [6.45, 7) is 0. The molecule has 0 fully saturated rings. The normalized spacial score (nSPS) is 11.1. The van der Waals surface area contributed by atoms with Crippen LogP contribution in [0.1, 0.15) is 0 Å². The lowest BCUT2D eigenvalue weighted by molar-refractivity contribution is 1.28. The lowest BCUT2D eigenvalue weighted by atomic mass is 9.89. The molecule has 0 radical (unpaired) electrons. The zero-order valence-electron chi connectivity index (χ0n) is 36.8. The number of benzene rings is 12. The standard InChI is InChI=1S/C40H27N.C24H18IN/c1-3-10-34(11-4-1)41(35-12-5-2-6-13-35)36-24-20-29(21-25-36)28-14-16-30(17-15-28)37-26-22-33-19-18-31-8-7-9-32-23-27-38(37)40(33)39(31)32;25-21-15-11-19(12-16-21)20-13-17-24(18-14-20)26(22-7-3-1-4-8-22)23-9-5-2-6-10-23/h1-27H;1-18H. The average Bonchev–Trinajstić information content (AvgIpc) is 3.40. The highest BCUT2D eigenvalue weighted by Gasteiger charge is 2.15. The number of para-hydroxylation sites is 4. The van der Waals surface area contributed by atoms with Crippen LogP contribution < -0.4 is 9.80 Å². The van der Waals surface area contributed by atoms with Crippen molar-refractivity contribution in [2.45, 2.75) is 0 Å². The molecule has 0 saturated carbocycles. The maximum Gasteiger partial charge on any atom is 0.0462 e. The minimum absolute atomic E-state index is 1.14. The van der Waals surface area contributed by atoms with Crippen LogP contribution in [-0.2, 0) is 0 Å². The Morgan fingerprint density at radius 3 is 0.955 bits per heavy atom. The van der Waals surface area contributed by atoms with Crippen molar-refractivity contribution >= 4 is 89.0 Å². The van der Waals surface area contributed by atoms with Gasteiger partial charge in [-0.1, -0.05) is 188 Å². The summed E-state index contributed by atoms with van der Waals surface area (Å²) in [5.41, 5.74) is 14.3. The molecule has 0 saturated heterocycles. The molecule has 12 aromatic carbocycles. The Morgan fingerprint density at radius 1 is 0.224 bits per heavy atom. The number of nitrogens with zero attached hydrogens (tertiary/aromatic N) is 2. The van der Waals surface area contributed by atoms with Crippen LogP contribution in [-0.4, -0.2) is 0 Å². The Bertz CT molecular complexity index is 3430. The Balaban J connectivity index is 0.000000164. The highest BCUT2D eigenvalue weighted by atomic mass is 127. The van der Waals surface area contributed by atoms with E-state index in [0.717, 1.165) is 34.1 Å². The molecule has 0 aliphatic carbocycles. The summed E-state index contributed by atoms with van der Waals surface area (Å²) < 4.78 is 1.25. The topological polar surface area (TPSA) is 6.48 Å². The first-order chi connectivity index (χ1) is 33.1. The van der Waals surface area contributed by atoms with Crippen molar-refractivity contribution in [2.24, 2.45) is 0 Å². The fraction of sp³-hybridized carbons (Fsp3) is 0. The minimum Gasteiger partial charge on any atom is -0.311 e. The highest BCUT2D eigenvalue weighted by Crippen LogP contribution is 2.41. The molecule has 0 heterocycles. The van der Waals surface area contributed by atoms with Crippen LogP contribution in [0.2, 0.25) is 0 Å². The first-order valence-electron chi connectivity index (χ1n) is 22.7. The molecule has 0 aromatic heterocycles. The van der Waals surface area contributed by atoms with Crippen molar-refractivity contribution < 1.29 is 0 Å². The van der Waals surface area contributed by atoms with E-state index in [-0.39, 0.29) is 0 Å².